The Morgan fingerprint density at radius 1 is 0.419 bits per heavy atom. The van der Waals surface area contributed by atoms with Crippen LogP contribution in [0.2, 0.25) is 0 Å². The van der Waals surface area contributed by atoms with Crippen LogP contribution < -0.4 is 56.6 Å². The Labute approximate surface area is 305 Å². The predicted molar refractivity (Wildman–Crippen MR) is 181 cm³/mol. The molecule has 0 atom stereocenters. The zero-order chi connectivity index (χ0) is 27.1. The molecule has 6 aromatic carbocycles. The molecule has 0 heterocycles. The number of alkyl halides is 2. The summed E-state index contributed by atoms with van der Waals surface area (Å²) in [6, 6.07) is 60.8. The Kier molecular flexibility index (Phi) is 23.4. The molecule has 6 rings (SSSR count). The van der Waals surface area contributed by atoms with Gasteiger partial charge in [0.2, 0.25) is 0 Å². The topological polar surface area (TPSA) is 0 Å². The maximum atomic E-state index is 4.76. The summed E-state index contributed by atoms with van der Waals surface area (Å²) in [5, 5.41) is 8.88. The quantitative estimate of drug-likeness (QED) is 0.103. The van der Waals surface area contributed by atoms with Crippen LogP contribution in [0.4, 0.5) is 0 Å². The average molecular weight is 819 g/mol. The molecule has 0 N–H and O–H groups in total. The number of benzene rings is 4. The van der Waals surface area contributed by atoms with Crippen molar-refractivity contribution >= 4 is 70.9 Å². The van der Waals surface area contributed by atoms with Gasteiger partial charge in [-0.25, -0.2) is 12.1 Å². The standard InChI is InChI=1S/2C17H14P.CH2Cl2.2ClH.Fe.Pd/c2*1-3-9-15(10-4-1)18(17-13-7-8-14-17)16-11-5-2-6-12-16;2-1-3;;;;/h2*1-14H;1H2;2*1H;;/q2*-1;;;;2*+2. The fourth-order valence-corrected chi connectivity index (χ4v) is 9.66. The molecule has 226 valence electrons. The van der Waals surface area contributed by atoms with Crippen molar-refractivity contribution < 1.29 is 62.3 Å². The van der Waals surface area contributed by atoms with E-state index in [2.05, 4.69) is 170 Å². The fourth-order valence-electron chi connectivity index (χ4n) is 4.50. The Hall–Kier alpha value is -1.22. The molecule has 0 aromatic heterocycles. The molecular weight excluding hydrogens is 786 g/mol. The Morgan fingerprint density at radius 3 is 0.837 bits per heavy atom. The number of rotatable bonds is 6. The minimum absolute atomic E-state index is 0. The maximum absolute atomic E-state index is 4.76. The normalized spacial score (nSPS) is 9.40. The summed E-state index contributed by atoms with van der Waals surface area (Å²) in [4.78, 5) is 0. The molecule has 43 heavy (non-hydrogen) atoms. The van der Waals surface area contributed by atoms with Crippen LogP contribution in [0, 0.1) is 0 Å². The van der Waals surface area contributed by atoms with Crippen LogP contribution in [0.25, 0.3) is 0 Å². The van der Waals surface area contributed by atoms with Gasteiger partial charge >= 0.3 is 37.5 Å². The average Bonchev–Trinajstić information content (AvgIpc) is 3.72. The van der Waals surface area contributed by atoms with E-state index in [0.717, 1.165) is 0 Å². The van der Waals surface area contributed by atoms with Crippen molar-refractivity contribution in [2.24, 2.45) is 0 Å². The summed E-state index contributed by atoms with van der Waals surface area (Å²) in [6.45, 7) is 0. The van der Waals surface area contributed by atoms with E-state index in [1.54, 1.807) is 0 Å². The molecular formula is C35H32Cl4FeP2Pd+2. The molecule has 0 radical (unpaired) electrons. The van der Waals surface area contributed by atoms with Gasteiger partial charge in [0, 0.05) is 0 Å². The van der Waals surface area contributed by atoms with E-state index in [0.29, 0.717) is 0 Å². The van der Waals surface area contributed by atoms with Crippen molar-refractivity contribution in [2.45, 2.75) is 0 Å². The van der Waals surface area contributed by atoms with Gasteiger partial charge in [-0.05, 0) is 59.1 Å². The van der Waals surface area contributed by atoms with Crippen molar-refractivity contribution in [2.75, 3.05) is 5.34 Å². The van der Waals surface area contributed by atoms with Gasteiger partial charge in [0.1, 0.15) is 0 Å². The first kappa shape index (κ1) is 41.8. The molecule has 0 saturated heterocycles. The monoisotopic (exact) mass is 816 g/mol. The van der Waals surface area contributed by atoms with Gasteiger partial charge in [0.25, 0.3) is 0 Å². The van der Waals surface area contributed by atoms with E-state index in [4.69, 9.17) is 23.2 Å². The molecule has 0 aliphatic heterocycles. The Balaban J connectivity index is 0.000000693. The first-order chi connectivity index (χ1) is 19.3. The van der Waals surface area contributed by atoms with Crippen molar-refractivity contribution in [1.29, 1.82) is 0 Å². The van der Waals surface area contributed by atoms with Crippen LogP contribution in [0.1, 0.15) is 0 Å². The molecule has 0 aliphatic carbocycles. The van der Waals surface area contributed by atoms with E-state index in [1.165, 1.54) is 31.8 Å². The molecule has 0 aliphatic rings. The SMILES string of the molecule is ClCCl.[Cl-].[Cl-].[Fe+2].[Pd+2].c1ccc([PH+](c2ccccc2)c2ccc[cH-]2)cc1.c1ccc([PH+](c2ccccc2)c2ccc[cH-]2)cc1. The second kappa shape index (κ2) is 24.1. The van der Waals surface area contributed by atoms with Gasteiger partial charge in [0.05, 0.1) is 42.4 Å². The molecule has 0 spiro atoms. The summed E-state index contributed by atoms with van der Waals surface area (Å²) in [5.41, 5.74) is 0. The van der Waals surface area contributed by atoms with Gasteiger partial charge in [-0.15, -0.1) is 35.3 Å². The Bertz CT molecular complexity index is 1250. The van der Waals surface area contributed by atoms with E-state index < -0.39 is 15.8 Å². The Morgan fingerprint density at radius 2 is 0.651 bits per heavy atom. The number of hydrogen-bond donors (Lipinski definition) is 0. The van der Waals surface area contributed by atoms with Gasteiger partial charge in [-0.2, -0.15) is 24.3 Å². The van der Waals surface area contributed by atoms with Crippen LogP contribution in [0.5, 0.6) is 0 Å². The number of halogens is 4. The van der Waals surface area contributed by atoms with E-state index in [-0.39, 0.29) is 67.6 Å². The van der Waals surface area contributed by atoms with Crippen LogP contribution in [0.3, 0.4) is 0 Å². The van der Waals surface area contributed by atoms with Crippen molar-refractivity contribution in [3.05, 3.63) is 170 Å². The zero-order valence-electron chi connectivity index (χ0n) is 23.1. The van der Waals surface area contributed by atoms with Crippen LogP contribution in [-0.4, -0.2) is 5.34 Å². The van der Waals surface area contributed by atoms with E-state index in [1.807, 2.05) is 0 Å². The fraction of sp³-hybridized carbons (Fsp3) is 0.0286. The van der Waals surface area contributed by atoms with E-state index >= 15 is 0 Å². The second-order valence-corrected chi connectivity index (χ2v) is 14.4. The first-order valence-electron chi connectivity index (χ1n) is 12.8. The van der Waals surface area contributed by atoms with E-state index in [9.17, 15) is 0 Å². The first-order valence-corrected chi connectivity index (χ1v) is 16.9. The molecule has 0 fully saturated rings. The minimum atomic E-state index is -0.834. The predicted octanol–water partition coefficient (Wildman–Crippen LogP) is 1.22. The van der Waals surface area contributed by atoms with Crippen LogP contribution in [0.15, 0.2) is 170 Å². The van der Waals surface area contributed by atoms with Crippen molar-refractivity contribution in [1.82, 2.24) is 0 Å². The zero-order valence-corrected chi connectivity index (χ0v) is 30.7. The third-order valence-electron chi connectivity index (χ3n) is 6.15. The smallest absolute Gasteiger partial charge is 1.00 e. The van der Waals surface area contributed by atoms with Crippen molar-refractivity contribution in [3.63, 3.8) is 0 Å². The molecule has 0 nitrogen and oxygen atoms in total. The van der Waals surface area contributed by atoms with Crippen LogP contribution in [-0.2, 0) is 37.5 Å². The molecule has 0 amide bonds. The molecule has 0 saturated carbocycles. The third-order valence-corrected chi connectivity index (χ3v) is 11.6. The van der Waals surface area contributed by atoms with Gasteiger partial charge in [0.15, 0.2) is 0 Å². The molecule has 8 heteroatoms. The molecule has 6 aromatic rings. The summed E-state index contributed by atoms with van der Waals surface area (Å²) in [6.07, 6.45) is 0. The number of hydrogen-bond acceptors (Lipinski definition) is 0. The van der Waals surface area contributed by atoms with Gasteiger partial charge in [-0.3, -0.25) is 0 Å². The van der Waals surface area contributed by atoms with Crippen molar-refractivity contribution in [3.8, 4) is 0 Å². The van der Waals surface area contributed by atoms with Crippen LogP contribution >= 0.6 is 39.0 Å². The molecule has 0 unspecified atom stereocenters. The summed E-state index contributed by atoms with van der Waals surface area (Å²) in [5.74, 6) is 0. The largest absolute Gasteiger partial charge is 2.00 e. The van der Waals surface area contributed by atoms with Gasteiger partial charge < -0.3 is 24.8 Å². The summed E-state index contributed by atoms with van der Waals surface area (Å²) in [7, 11) is -1.67. The summed E-state index contributed by atoms with van der Waals surface area (Å²) >= 11 is 9.53. The maximum Gasteiger partial charge on any atom is 2.00 e. The van der Waals surface area contributed by atoms with Gasteiger partial charge in [-0.1, -0.05) is 72.8 Å². The third kappa shape index (κ3) is 13.0. The minimum Gasteiger partial charge on any atom is -1.00 e. The summed E-state index contributed by atoms with van der Waals surface area (Å²) < 4.78 is 0. The molecule has 0 bridgehead atoms. The second-order valence-electron chi connectivity index (χ2n) is 8.66.